The molecular formula is C19H24N2OS. The van der Waals surface area contributed by atoms with Gasteiger partial charge in [-0.1, -0.05) is 25.1 Å². The molecule has 0 spiro atoms. The van der Waals surface area contributed by atoms with Gasteiger partial charge in [0.2, 0.25) is 0 Å². The predicted octanol–water partition coefficient (Wildman–Crippen LogP) is 3.75. The van der Waals surface area contributed by atoms with Crippen LogP contribution in [0.1, 0.15) is 36.8 Å². The zero-order valence-corrected chi connectivity index (χ0v) is 14.6. The molecule has 4 heteroatoms. The van der Waals surface area contributed by atoms with Gasteiger partial charge in [0, 0.05) is 19.0 Å². The van der Waals surface area contributed by atoms with E-state index in [1.54, 1.807) is 7.11 Å². The largest absolute Gasteiger partial charge is 0.497 e. The van der Waals surface area contributed by atoms with Gasteiger partial charge in [-0.3, -0.25) is 0 Å². The fourth-order valence-electron chi connectivity index (χ4n) is 3.39. The topological polar surface area (TPSA) is 33.3 Å². The molecule has 2 N–H and O–H groups in total. The highest BCUT2D eigenvalue weighted by Gasteiger charge is 2.24. The molecule has 2 aromatic carbocycles. The molecule has 122 valence electrons. The summed E-state index contributed by atoms with van der Waals surface area (Å²) in [5.74, 6) is 1.42. The molecule has 2 aromatic rings. The van der Waals surface area contributed by atoms with Crippen molar-refractivity contribution in [2.24, 2.45) is 0 Å². The van der Waals surface area contributed by atoms with Gasteiger partial charge in [-0.15, -0.1) is 0 Å². The van der Waals surface area contributed by atoms with E-state index in [-0.39, 0.29) is 0 Å². The van der Waals surface area contributed by atoms with Crippen molar-refractivity contribution in [3.05, 3.63) is 41.5 Å². The van der Waals surface area contributed by atoms with Crippen molar-refractivity contribution in [3.63, 3.8) is 0 Å². The van der Waals surface area contributed by atoms with Crippen molar-refractivity contribution < 1.29 is 4.74 Å². The first kappa shape index (κ1) is 16.1. The number of aryl methyl sites for hydroxylation is 1. The minimum atomic E-state index is 0.502. The Labute approximate surface area is 143 Å². The number of thiocarbonyl (C=S) groups is 1. The number of benzene rings is 2. The van der Waals surface area contributed by atoms with E-state index in [2.05, 4.69) is 41.8 Å². The van der Waals surface area contributed by atoms with E-state index >= 15 is 0 Å². The lowest BCUT2D eigenvalue weighted by Crippen LogP contribution is -2.37. The first-order chi connectivity index (χ1) is 11.2. The SMILES string of the molecule is CCCNC(=S)NCC1CCc2ccc3ccc(OC)cc3c21. The quantitative estimate of drug-likeness (QED) is 0.819. The highest BCUT2D eigenvalue weighted by molar-refractivity contribution is 7.80. The number of rotatable bonds is 5. The van der Waals surface area contributed by atoms with Gasteiger partial charge < -0.3 is 15.4 Å². The van der Waals surface area contributed by atoms with Crippen LogP contribution in [-0.4, -0.2) is 25.3 Å². The molecule has 1 aliphatic rings. The Hall–Kier alpha value is -1.81. The van der Waals surface area contributed by atoms with E-state index < -0.39 is 0 Å². The Morgan fingerprint density at radius 1 is 1.26 bits per heavy atom. The van der Waals surface area contributed by atoms with Crippen LogP contribution in [0.3, 0.4) is 0 Å². The third kappa shape index (κ3) is 3.42. The zero-order chi connectivity index (χ0) is 16.2. The van der Waals surface area contributed by atoms with E-state index in [4.69, 9.17) is 17.0 Å². The lowest BCUT2D eigenvalue weighted by atomic mass is 9.94. The molecule has 0 saturated carbocycles. The van der Waals surface area contributed by atoms with Gasteiger partial charge in [-0.25, -0.2) is 0 Å². The Morgan fingerprint density at radius 2 is 2.09 bits per heavy atom. The van der Waals surface area contributed by atoms with E-state index in [1.807, 2.05) is 6.07 Å². The van der Waals surface area contributed by atoms with Gasteiger partial charge in [0.25, 0.3) is 0 Å². The molecule has 1 aliphatic carbocycles. The fraction of sp³-hybridized carbons (Fsp3) is 0.421. The Bertz CT molecular complexity index is 714. The van der Waals surface area contributed by atoms with Crippen molar-refractivity contribution in [2.75, 3.05) is 20.2 Å². The summed E-state index contributed by atoms with van der Waals surface area (Å²) in [4.78, 5) is 0. The molecule has 1 atom stereocenters. The Kier molecular flexibility index (Phi) is 5.01. The van der Waals surface area contributed by atoms with Crippen molar-refractivity contribution >= 4 is 28.1 Å². The number of ether oxygens (including phenoxy) is 1. The molecule has 3 rings (SSSR count). The molecule has 0 amide bonds. The summed E-state index contributed by atoms with van der Waals surface area (Å²) in [5, 5.41) is 9.98. The maximum atomic E-state index is 5.41. The summed E-state index contributed by atoms with van der Waals surface area (Å²) in [7, 11) is 1.72. The van der Waals surface area contributed by atoms with Gasteiger partial charge in [-0.2, -0.15) is 0 Å². The summed E-state index contributed by atoms with van der Waals surface area (Å²) in [6, 6.07) is 10.8. The van der Waals surface area contributed by atoms with Crippen molar-refractivity contribution in [3.8, 4) is 5.75 Å². The number of fused-ring (bicyclic) bond motifs is 3. The van der Waals surface area contributed by atoms with Crippen LogP contribution in [0.15, 0.2) is 30.3 Å². The standard InChI is InChI=1S/C19H24N2OS/c1-3-10-20-19(23)21-12-15-7-6-14-5-4-13-8-9-16(22-2)11-17(13)18(14)15/h4-5,8-9,11,15H,3,6-7,10,12H2,1-2H3,(H2,20,21,23). The molecule has 0 radical (unpaired) electrons. The molecular weight excluding hydrogens is 304 g/mol. The van der Waals surface area contributed by atoms with Gasteiger partial charge in [0.1, 0.15) is 5.75 Å². The summed E-state index contributed by atoms with van der Waals surface area (Å²) < 4.78 is 5.41. The van der Waals surface area contributed by atoms with E-state index in [0.29, 0.717) is 5.92 Å². The lowest BCUT2D eigenvalue weighted by Gasteiger charge is -2.17. The molecule has 1 unspecified atom stereocenters. The Balaban J connectivity index is 1.83. The smallest absolute Gasteiger partial charge is 0.166 e. The molecule has 0 fully saturated rings. The predicted molar refractivity (Wildman–Crippen MR) is 100 cm³/mol. The lowest BCUT2D eigenvalue weighted by molar-refractivity contribution is 0.415. The van der Waals surface area contributed by atoms with Crippen LogP contribution in [0.5, 0.6) is 5.75 Å². The van der Waals surface area contributed by atoms with Gasteiger partial charge in [0.05, 0.1) is 7.11 Å². The second kappa shape index (κ2) is 7.18. The van der Waals surface area contributed by atoms with Crippen molar-refractivity contribution in [2.45, 2.75) is 32.1 Å². The van der Waals surface area contributed by atoms with Crippen LogP contribution in [0.2, 0.25) is 0 Å². The normalized spacial score (nSPS) is 16.2. The monoisotopic (exact) mass is 328 g/mol. The second-order valence-electron chi connectivity index (χ2n) is 6.10. The number of hydrogen-bond acceptors (Lipinski definition) is 2. The van der Waals surface area contributed by atoms with Crippen molar-refractivity contribution in [1.29, 1.82) is 0 Å². The molecule has 0 aromatic heterocycles. The molecule has 0 aliphatic heterocycles. The third-order valence-electron chi connectivity index (χ3n) is 4.58. The molecule has 3 nitrogen and oxygen atoms in total. The first-order valence-electron chi connectivity index (χ1n) is 8.34. The molecule has 23 heavy (non-hydrogen) atoms. The molecule has 0 heterocycles. The van der Waals surface area contributed by atoms with E-state index in [1.165, 1.54) is 28.3 Å². The highest BCUT2D eigenvalue weighted by Crippen LogP contribution is 2.39. The number of hydrogen-bond donors (Lipinski definition) is 2. The average molecular weight is 328 g/mol. The molecule has 0 saturated heterocycles. The minimum absolute atomic E-state index is 0.502. The minimum Gasteiger partial charge on any atom is -0.497 e. The summed E-state index contributed by atoms with van der Waals surface area (Å²) >= 11 is 5.35. The van der Waals surface area contributed by atoms with E-state index in [9.17, 15) is 0 Å². The van der Waals surface area contributed by atoms with Crippen LogP contribution in [-0.2, 0) is 6.42 Å². The average Bonchev–Trinajstić information content (AvgIpc) is 3.01. The van der Waals surface area contributed by atoms with Crippen molar-refractivity contribution in [1.82, 2.24) is 10.6 Å². The fourth-order valence-corrected chi connectivity index (χ4v) is 3.57. The van der Waals surface area contributed by atoms with Crippen LogP contribution < -0.4 is 15.4 Å². The van der Waals surface area contributed by atoms with Crippen LogP contribution >= 0.6 is 12.2 Å². The maximum absolute atomic E-state index is 5.41. The maximum Gasteiger partial charge on any atom is 0.166 e. The zero-order valence-electron chi connectivity index (χ0n) is 13.8. The first-order valence-corrected chi connectivity index (χ1v) is 8.75. The number of nitrogens with one attached hydrogen (secondary N) is 2. The highest BCUT2D eigenvalue weighted by atomic mass is 32.1. The summed E-state index contributed by atoms with van der Waals surface area (Å²) in [6.45, 7) is 3.95. The summed E-state index contributed by atoms with van der Waals surface area (Å²) in [6.07, 6.45) is 3.40. The van der Waals surface area contributed by atoms with Crippen LogP contribution in [0.4, 0.5) is 0 Å². The van der Waals surface area contributed by atoms with E-state index in [0.717, 1.165) is 36.8 Å². The third-order valence-corrected chi connectivity index (χ3v) is 4.86. The summed E-state index contributed by atoms with van der Waals surface area (Å²) in [5.41, 5.74) is 2.93. The second-order valence-corrected chi connectivity index (χ2v) is 6.51. The van der Waals surface area contributed by atoms with Gasteiger partial charge in [-0.05, 0) is 65.5 Å². The van der Waals surface area contributed by atoms with Gasteiger partial charge in [0.15, 0.2) is 5.11 Å². The molecule has 0 bridgehead atoms. The van der Waals surface area contributed by atoms with Gasteiger partial charge >= 0.3 is 0 Å². The number of methoxy groups -OCH3 is 1. The Morgan fingerprint density at radius 3 is 2.87 bits per heavy atom. The van der Waals surface area contributed by atoms with Crippen LogP contribution in [0, 0.1) is 0 Å². The van der Waals surface area contributed by atoms with Crippen LogP contribution in [0.25, 0.3) is 10.8 Å².